The van der Waals surface area contributed by atoms with Gasteiger partial charge < -0.3 is 9.69 Å². The zero-order chi connectivity index (χ0) is 12.3. The van der Waals surface area contributed by atoms with Crippen LogP contribution >= 0.6 is 0 Å². The molecule has 0 amide bonds. The fourth-order valence-electron chi connectivity index (χ4n) is 2.15. The molecule has 17 heavy (non-hydrogen) atoms. The minimum Gasteiger partial charge on any atom is -0.370 e. The monoisotopic (exact) mass is 232 g/mol. The van der Waals surface area contributed by atoms with Crippen molar-refractivity contribution in [3.8, 4) is 6.07 Å². The van der Waals surface area contributed by atoms with Crippen molar-refractivity contribution in [2.45, 2.75) is 12.8 Å². The van der Waals surface area contributed by atoms with Crippen LogP contribution in [0.25, 0.3) is 0 Å². The zero-order valence-corrected chi connectivity index (χ0v) is 9.40. The number of anilines is 1. The first-order valence-corrected chi connectivity index (χ1v) is 5.64. The molecule has 1 aromatic carbocycles. The summed E-state index contributed by atoms with van der Waals surface area (Å²) >= 11 is 0. The van der Waals surface area contributed by atoms with Crippen molar-refractivity contribution < 1.29 is 9.18 Å². The average Bonchev–Trinajstić information content (AvgIpc) is 2.39. The predicted octanol–water partition coefficient (Wildman–Crippen LogP) is 2.11. The van der Waals surface area contributed by atoms with Crippen molar-refractivity contribution in [2.24, 2.45) is 5.92 Å². The number of carbonyl (C=O) groups excluding carboxylic acids is 1. The van der Waals surface area contributed by atoms with Crippen LogP contribution in [0.1, 0.15) is 18.4 Å². The third-order valence-corrected chi connectivity index (χ3v) is 3.15. The van der Waals surface area contributed by atoms with Gasteiger partial charge in [0, 0.05) is 19.0 Å². The molecule has 0 bridgehead atoms. The van der Waals surface area contributed by atoms with Crippen molar-refractivity contribution in [1.29, 1.82) is 5.26 Å². The van der Waals surface area contributed by atoms with E-state index in [4.69, 9.17) is 5.26 Å². The normalized spacial score (nSPS) is 16.6. The van der Waals surface area contributed by atoms with Crippen molar-refractivity contribution in [3.63, 3.8) is 0 Å². The summed E-state index contributed by atoms with van der Waals surface area (Å²) in [5, 5.41) is 8.97. The number of halogens is 1. The van der Waals surface area contributed by atoms with Crippen LogP contribution in [0.2, 0.25) is 0 Å². The maximum atomic E-state index is 13.0. The lowest BCUT2D eigenvalue weighted by Gasteiger charge is -2.32. The standard InChI is InChI=1S/C13H13FN2O/c14-12-1-2-13(11(7-12)8-15)16-5-3-10(9-17)4-6-16/h1-2,7,9-10H,3-6H2. The van der Waals surface area contributed by atoms with Gasteiger partial charge in [-0.05, 0) is 31.0 Å². The zero-order valence-electron chi connectivity index (χ0n) is 9.40. The van der Waals surface area contributed by atoms with Crippen LogP contribution in [0.5, 0.6) is 0 Å². The molecule has 88 valence electrons. The molecule has 0 saturated carbocycles. The number of rotatable bonds is 2. The lowest BCUT2D eigenvalue weighted by molar-refractivity contribution is -0.111. The Labute approximate surface area is 99.5 Å². The highest BCUT2D eigenvalue weighted by molar-refractivity contribution is 5.61. The van der Waals surface area contributed by atoms with Gasteiger partial charge in [0.05, 0.1) is 11.3 Å². The number of aldehydes is 1. The van der Waals surface area contributed by atoms with E-state index < -0.39 is 5.82 Å². The summed E-state index contributed by atoms with van der Waals surface area (Å²) in [6.07, 6.45) is 2.59. The minimum atomic E-state index is -0.395. The number of hydrogen-bond acceptors (Lipinski definition) is 3. The second-order valence-electron chi connectivity index (χ2n) is 4.23. The summed E-state index contributed by atoms with van der Waals surface area (Å²) in [5.74, 6) is -0.273. The molecule has 1 saturated heterocycles. The minimum absolute atomic E-state index is 0.122. The molecule has 1 aliphatic rings. The molecule has 3 nitrogen and oxygen atoms in total. The van der Waals surface area contributed by atoms with Crippen LogP contribution in [-0.2, 0) is 4.79 Å². The largest absolute Gasteiger partial charge is 0.370 e. The molecule has 0 radical (unpaired) electrons. The van der Waals surface area contributed by atoms with Crippen LogP contribution in [-0.4, -0.2) is 19.4 Å². The third-order valence-electron chi connectivity index (χ3n) is 3.15. The predicted molar refractivity (Wildman–Crippen MR) is 62.1 cm³/mol. The molecule has 0 unspecified atom stereocenters. The molecule has 2 rings (SSSR count). The number of piperidine rings is 1. The van der Waals surface area contributed by atoms with E-state index in [0.29, 0.717) is 5.56 Å². The van der Waals surface area contributed by atoms with Gasteiger partial charge in [0.2, 0.25) is 0 Å². The van der Waals surface area contributed by atoms with E-state index in [-0.39, 0.29) is 5.92 Å². The van der Waals surface area contributed by atoms with Gasteiger partial charge in [0.1, 0.15) is 18.2 Å². The summed E-state index contributed by atoms with van der Waals surface area (Å²) in [6.45, 7) is 1.48. The Morgan fingerprint density at radius 3 is 2.71 bits per heavy atom. The molecular weight excluding hydrogens is 219 g/mol. The second-order valence-corrected chi connectivity index (χ2v) is 4.23. The highest BCUT2D eigenvalue weighted by atomic mass is 19.1. The second kappa shape index (κ2) is 4.96. The number of hydrogen-bond donors (Lipinski definition) is 0. The number of carbonyl (C=O) groups is 1. The Morgan fingerprint density at radius 2 is 2.12 bits per heavy atom. The molecule has 1 aromatic rings. The summed E-state index contributed by atoms with van der Waals surface area (Å²) in [6, 6.07) is 6.26. The van der Waals surface area contributed by atoms with E-state index >= 15 is 0 Å². The summed E-state index contributed by atoms with van der Waals surface area (Å²) in [4.78, 5) is 12.7. The van der Waals surface area contributed by atoms with E-state index in [2.05, 4.69) is 0 Å². The maximum Gasteiger partial charge on any atom is 0.124 e. The van der Waals surface area contributed by atoms with Crippen LogP contribution in [0.4, 0.5) is 10.1 Å². The summed E-state index contributed by atoms with van der Waals surface area (Å²) in [5.41, 5.74) is 1.12. The summed E-state index contributed by atoms with van der Waals surface area (Å²) in [7, 11) is 0. The topological polar surface area (TPSA) is 44.1 Å². The highest BCUT2D eigenvalue weighted by Gasteiger charge is 2.20. The van der Waals surface area contributed by atoms with Gasteiger partial charge in [0.15, 0.2) is 0 Å². The number of benzene rings is 1. The first-order valence-electron chi connectivity index (χ1n) is 5.64. The fraction of sp³-hybridized carbons (Fsp3) is 0.385. The molecule has 0 atom stereocenters. The number of nitriles is 1. The molecule has 0 aromatic heterocycles. The van der Waals surface area contributed by atoms with E-state index in [1.165, 1.54) is 12.1 Å². The summed E-state index contributed by atoms with van der Waals surface area (Å²) < 4.78 is 13.0. The van der Waals surface area contributed by atoms with Crippen LogP contribution in [0, 0.1) is 23.1 Å². The van der Waals surface area contributed by atoms with Gasteiger partial charge in [-0.2, -0.15) is 5.26 Å². The molecule has 1 aliphatic heterocycles. The van der Waals surface area contributed by atoms with E-state index in [1.54, 1.807) is 6.07 Å². The average molecular weight is 232 g/mol. The van der Waals surface area contributed by atoms with Crippen molar-refractivity contribution in [1.82, 2.24) is 0 Å². The molecule has 1 fully saturated rings. The Balaban J connectivity index is 2.19. The Kier molecular flexibility index (Phi) is 3.38. The van der Waals surface area contributed by atoms with Crippen LogP contribution in [0.3, 0.4) is 0 Å². The van der Waals surface area contributed by atoms with Gasteiger partial charge >= 0.3 is 0 Å². The molecular formula is C13H13FN2O. The maximum absolute atomic E-state index is 13.0. The van der Waals surface area contributed by atoms with Crippen LogP contribution < -0.4 is 4.90 Å². The fourth-order valence-corrected chi connectivity index (χ4v) is 2.15. The van der Waals surface area contributed by atoms with Gasteiger partial charge in [-0.25, -0.2) is 4.39 Å². The van der Waals surface area contributed by atoms with Gasteiger partial charge in [-0.15, -0.1) is 0 Å². The van der Waals surface area contributed by atoms with Crippen molar-refractivity contribution >= 4 is 12.0 Å². The Morgan fingerprint density at radius 1 is 1.41 bits per heavy atom. The van der Waals surface area contributed by atoms with E-state index in [1.807, 2.05) is 11.0 Å². The van der Waals surface area contributed by atoms with Gasteiger partial charge in [-0.3, -0.25) is 0 Å². The lowest BCUT2D eigenvalue weighted by atomic mass is 9.97. The molecule has 0 aliphatic carbocycles. The molecule has 1 heterocycles. The van der Waals surface area contributed by atoms with Gasteiger partial charge in [0.25, 0.3) is 0 Å². The first kappa shape index (κ1) is 11.6. The quantitative estimate of drug-likeness (QED) is 0.733. The lowest BCUT2D eigenvalue weighted by Crippen LogP contribution is -2.34. The smallest absolute Gasteiger partial charge is 0.124 e. The van der Waals surface area contributed by atoms with E-state index in [0.717, 1.165) is 37.9 Å². The van der Waals surface area contributed by atoms with Crippen LogP contribution in [0.15, 0.2) is 18.2 Å². The molecule has 4 heteroatoms. The molecule has 0 spiro atoms. The Hall–Kier alpha value is -1.89. The first-order chi connectivity index (χ1) is 8.24. The molecule has 0 N–H and O–H groups in total. The highest BCUT2D eigenvalue weighted by Crippen LogP contribution is 2.25. The van der Waals surface area contributed by atoms with Gasteiger partial charge in [-0.1, -0.05) is 0 Å². The van der Waals surface area contributed by atoms with Crippen molar-refractivity contribution in [3.05, 3.63) is 29.6 Å². The van der Waals surface area contributed by atoms with Crippen molar-refractivity contribution in [2.75, 3.05) is 18.0 Å². The number of nitrogens with zero attached hydrogens (tertiary/aromatic N) is 2. The SMILES string of the molecule is N#Cc1cc(F)ccc1N1CCC(C=O)CC1. The Bertz CT molecular complexity index is 459. The van der Waals surface area contributed by atoms with E-state index in [9.17, 15) is 9.18 Å². The third kappa shape index (κ3) is 2.44.